The van der Waals surface area contributed by atoms with E-state index in [2.05, 4.69) is 247 Å². The van der Waals surface area contributed by atoms with Crippen molar-refractivity contribution in [3.8, 4) is 22.3 Å². The van der Waals surface area contributed by atoms with Crippen molar-refractivity contribution in [2.24, 2.45) is 0 Å². The summed E-state index contributed by atoms with van der Waals surface area (Å²) < 4.78 is 2.57. The van der Waals surface area contributed by atoms with E-state index in [1.165, 1.54) is 69.3 Å². The van der Waals surface area contributed by atoms with E-state index in [1.807, 2.05) is 11.3 Å². The number of nitrogens with zero attached hydrogens (tertiary/aromatic N) is 2. The van der Waals surface area contributed by atoms with E-state index >= 15 is 0 Å². The summed E-state index contributed by atoms with van der Waals surface area (Å²) in [5.74, 6) is 0. The van der Waals surface area contributed by atoms with Crippen LogP contribution in [0.4, 0.5) is 28.4 Å². The van der Waals surface area contributed by atoms with Crippen LogP contribution in [0.3, 0.4) is 0 Å². The van der Waals surface area contributed by atoms with E-state index in [1.54, 1.807) is 0 Å². The molecule has 1 aliphatic heterocycles. The Bertz CT molecular complexity index is 3620. The summed E-state index contributed by atoms with van der Waals surface area (Å²) in [6, 6.07) is 75.5. The highest BCUT2D eigenvalue weighted by Crippen LogP contribution is 2.46. The number of rotatable bonds is 6. The third kappa shape index (κ3) is 6.49. The van der Waals surface area contributed by atoms with Crippen LogP contribution in [0.2, 0.25) is 0 Å². The minimum Gasteiger partial charge on any atom is -0.337 e. The Kier molecular flexibility index (Phi) is 9.28. The van der Waals surface area contributed by atoms with Crippen LogP contribution in [-0.4, -0.2) is 6.54 Å². The van der Waals surface area contributed by atoms with Crippen LogP contribution in [0.15, 0.2) is 237 Å². The van der Waals surface area contributed by atoms with Crippen molar-refractivity contribution in [3.63, 3.8) is 0 Å². The molecule has 11 aromatic rings. The molecule has 0 aliphatic carbocycles. The van der Waals surface area contributed by atoms with Crippen LogP contribution in [0.1, 0.15) is 5.56 Å². The number of thiophene rings is 1. The first-order chi connectivity index (χ1) is 31.7. The normalized spacial score (nSPS) is 13.8. The summed E-state index contributed by atoms with van der Waals surface area (Å²) in [6.07, 6.45) is 8.60. The van der Waals surface area contributed by atoms with Crippen molar-refractivity contribution < 1.29 is 0 Å². The highest BCUT2D eigenvalue weighted by atomic mass is 32.1. The lowest BCUT2D eigenvalue weighted by Crippen LogP contribution is -2.18. The van der Waals surface area contributed by atoms with Gasteiger partial charge in [-0.05, 0) is 127 Å². The van der Waals surface area contributed by atoms with Crippen LogP contribution in [0.5, 0.6) is 0 Å². The largest absolute Gasteiger partial charge is 0.337 e. The summed E-state index contributed by atoms with van der Waals surface area (Å²) in [5, 5.41) is 10.2. The predicted octanol–water partition coefficient (Wildman–Crippen LogP) is 17.6. The topological polar surface area (TPSA) is 6.48 Å². The summed E-state index contributed by atoms with van der Waals surface area (Å²) in [5.41, 5.74) is 12.4. The summed E-state index contributed by atoms with van der Waals surface area (Å²) >= 11 is 1.85. The molecule has 3 heteroatoms. The molecule has 2 heterocycles. The molecule has 0 radical (unpaired) electrons. The average Bonchev–Trinajstić information content (AvgIpc) is 3.78. The Morgan fingerprint density at radius 1 is 0.438 bits per heavy atom. The second kappa shape index (κ2) is 15.7. The standard InChI is InChI=1S/C61H42N2S/c1-41-15-4-3-13-38-62(48-35-36-53-51-20-8-7-18-49(51)50-19-9-10-21-52(50)56(53)40-48)57-37-30-45(39-55(41)57)44-28-33-47(34-29-44)63(46-31-26-43(27-32-46)42-16-5-2-6-17-42)58-23-14-25-60-61(58)54-22-11-12-24-59(54)64-60/h2-37,39-40H,1,38H2/b13-3-,15-4-. The third-order valence-electron chi connectivity index (χ3n) is 12.8. The minimum absolute atomic E-state index is 0.726. The maximum atomic E-state index is 4.61. The molecule has 64 heavy (non-hydrogen) atoms. The Morgan fingerprint density at radius 3 is 1.70 bits per heavy atom. The van der Waals surface area contributed by atoms with Gasteiger partial charge in [0, 0.05) is 55.0 Å². The van der Waals surface area contributed by atoms with E-state index in [0.717, 1.165) is 51.6 Å². The van der Waals surface area contributed by atoms with E-state index in [0.29, 0.717) is 0 Å². The van der Waals surface area contributed by atoms with Gasteiger partial charge in [0.2, 0.25) is 0 Å². The maximum absolute atomic E-state index is 4.61. The fourth-order valence-corrected chi connectivity index (χ4v) is 10.9. The molecule has 12 rings (SSSR count). The number of fused-ring (bicyclic) bond motifs is 10. The zero-order chi connectivity index (χ0) is 42.6. The van der Waals surface area contributed by atoms with Gasteiger partial charge in [-0.1, -0.05) is 170 Å². The second-order valence-electron chi connectivity index (χ2n) is 16.5. The molecular formula is C61H42N2S. The van der Waals surface area contributed by atoms with Crippen molar-refractivity contribution in [3.05, 3.63) is 243 Å². The summed E-state index contributed by atoms with van der Waals surface area (Å²) in [7, 11) is 0. The molecule has 0 saturated heterocycles. The van der Waals surface area contributed by atoms with Gasteiger partial charge >= 0.3 is 0 Å². The van der Waals surface area contributed by atoms with Gasteiger partial charge in [0.15, 0.2) is 0 Å². The molecule has 0 fully saturated rings. The number of anilines is 5. The Hall–Kier alpha value is -7.98. The second-order valence-corrected chi connectivity index (χ2v) is 17.6. The van der Waals surface area contributed by atoms with Gasteiger partial charge in [-0.25, -0.2) is 0 Å². The predicted molar refractivity (Wildman–Crippen MR) is 278 cm³/mol. The molecule has 0 amide bonds. The molecule has 1 aliphatic rings. The molecule has 0 unspecified atom stereocenters. The first-order valence-electron chi connectivity index (χ1n) is 21.9. The quantitative estimate of drug-likeness (QED) is 0.154. The first-order valence-corrected chi connectivity index (χ1v) is 22.7. The summed E-state index contributed by atoms with van der Waals surface area (Å²) in [4.78, 5) is 4.84. The zero-order valence-electron chi connectivity index (χ0n) is 35.2. The van der Waals surface area contributed by atoms with Crippen LogP contribution < -0.4 is 9.80 Å². The van der Waals surface area contributed by atoms with Crippen LogP contribution in [0, 0.1) is 0 Å². The molecular weight excluding hydrogens is 793 g/mol. The Morgan fingerprint density at radius 2 is 1.00 bits per heavy atom. The fourth-order valence-electron chi connectivity index (χ4n) is 9.73. The molecule has 0 spiro atoms. The number of allylic oxidation sites excluding steroid dienone is 4. The van der Waals surface area contributed by atoms with Gasteiger partial charge in [-0.3, -0.25) is 0 Å². The highest BCUT2D eigenvalue weighted by Gasteiger charge is 2.21. The average molecular weight is 835 g/mol. The van der Waals surface area contributed by atoms with E-state index < -0.39 is 0 Å². The van der Waals surface area contributed by atoms with Gasteiger partial charge in [0.05, 0.1) is 5.69 Å². The third-order valence-corrected chi connectivity index (χ3v) is 14.0. The van der Waals surface area contributed by atoms with E-state index in [9.17, 15) is 0 Å². The molecule has 0 saturated carbocycles. The van der Waals surface area contributed by atoms with Gasteiger partial charge in [-0.15, -0.1) is 11.3 Å². The van der Waals surface area contributed by atoms with E-state index in [4.69, 9.17) is 0 Å². The van der Waals surface area contributed by atoms with Crippen molar-refractivity contribution in [1.82, 2.24) is 0 Å². The van der Waals surface area contributed by atoms with Gasteiger partial charge in [-0.2, -0.15) is 0 Å². The number of hydrogen-bond donors (Lipinski definition) is 0. The van der Waals surface area contributed by atoms with Crippen molar-refractivity contribution in [1.29, 1.82) is 0 Å². The number of hydrogen-bond acceptors (Lipinski definition) is 3. The minimum atomic E-state index is 0.726. The first kappa shape index (κ1) is 37.8. The lowest BCUT2D eigenvalue weighted by atomic mass is 9.93. The molecule has 1 aromatic heterocycles. The van der Waals surface area contributed by atoms with Crippen molar-refractivity contribution in [2.45, 2.75) is 0 Å². The Balaban J connectivity index is 0.950. The van der Waals surface area contributed by atoms with Crippen LogP contribution >= 0.6 is 11.3 Å². The van der Waals surface area contributed by atoms with E-state index in [-0.39, 0.29) is 0 Å². The van der Waals surface area contributed by atoms with Gasteiger partial charge in [0.25, 0.3) is 0 Å². The SMILES string of the molecule is C=C1/C=C\C=C/CN(c2ccc3c4ccccc4c4ccccc4c3c2)c2ccc(-c3ccc(N(c4ccc(-c5ccccc5)cc4)c4cccc5sc6ccccc6c45)cc3)cc21. The Labute approximate surface area is 377 Å². The smallest absolute Gasteiger partial charge is 0.0554 e. The molecule has 2 nitrogen and oxygen atoms in total. The molecule has 0 bridgehead atoms. The lowest BCUT2D eigenvalue weighted by molar-refractivity contribution is 1.10. The lowest BCUT2D eigenvalue weighted by Gasteiger charge is -2.28. The van der Waals surface area contributed by atoms with Crippen LogP contribution in [-0.2, 0) is 0 Å². The maximum Gasteiger partial charge on any atom is 0.0554 e. The number of benzene rings is 10. The highest BCUT2D eigenvalue weighted by molar-refractivity contribution is 7.26. The molecule has 0 atom stereocenters. The van der Waals surface area contributed by atoms with Gasteiger partial charge < -0.3 is 9.80 Å². The monoisotopic (exact) mass is 834 g/mol. The van der Waals surface area contributed by atoms with Crippen LogP contribution in [0.25, 0.3) is 80.3 Å². The summed E-state index contributed by atoms with van der Waals surface area (Å²) in [6.45, 7) is 5.33. The van der Waals surface area contributed by atoms with Crippen molar-refractivity contribution in [2.75, 3.05) is 16.3 Å². The van der Waals surface area contributed by atoms with Gasteiger partial charge in [0.1, 0.15) is 0 Å². The molecule has 302 valence electrons. The van der Waals surface area contributed by atoms with Crippen molar-refractivity contribution >= 4 is 97.8 Å². The zero-order valence-corrected chi connectivity index (χ0v) is 36.0. The molecule has 10 aromatic carbocycles. The molecule has 0 N–H and O–H groups in total. The fraction of sp³-hybridized carbons (Fsp3) is 0.0164.